The van der Waals surface area contributed by atoms with Gasteiger partial charge in [0.15, 0.2) is 23.9 Å². The van der Waals surface area contributed by atoms with Crippen molar-refractivity contribution in [3.05, 3.63) is 115 Å². The molecule has 0 saturated heterocycles. The third-order valence-electron chi connectivity index (χ3n) is 6.62. The van der Waals surface area contributed by atoms with Crippen LogP contribution < -0.4 is 20.3 Å². The molecule has 13 heteroatoms. The van der Waals surface area contributed by atoms with Crippen molar-refractivity contribution in [2.45, 2.75) is 0 Å². The maximum absolute atomic E-state index is 13.7. The second-order valence-corrected chi connectivity index (χ2v) is 11.7. The maximum atomic E-state index is 13.7. The Morgan fingerprint density at radius 2 is 1.89 bits per heavy atom. The van der Waals surface area contributed by atoms with Crippen LogP contribution in [0.5, 0.6) is 11.5 Å². The summed E-state index contributed by atoms with van der Waals surface area (Å²) in [5.41, 5.74) is 1.55. The van der Waals surface area contributed by atoms with E-state index in [1.807, 2.05) is 18.2 Å². The Kier molecular flexibility index (Phi) is 8.70. The number of hydrogen-bond donors (Lipinski definition) is 1. The van der Waals surface area contributed by atoms with Crippen molar-refractivity contribution in [2.24, 2.45) is 5.10 Å². The molecule has 0 saturated carbocycles. The van der Waals surface area contributed by atoms with E-state index in [9.17, 15) is 14.0 Å². The number of furan rings is 1. The average Bonchev–Trinajstić information content (AvgIpc) is 3.46. The molecule has 0 atom stereocenters. The number of nitrogens with one attached hydrogen (secondary N) is 1. The van der Waals surface area contributed by atoms with Crippen LogP contribution in [0.2, 0.25) is 5.02 Å². The monoisotopic (exact) mass is 752 g/mol. The van der Waals surface area contributed by atoms with Crippen molar-refractivity contribution in [2.75, 3.05) is 19.0 Å². The summed E-state index contributed by atoms with van der Waals surface area (Å²) in [6, 6.07) is 21.2. The van der Waals surface area contributed by atoms with E-state index in [4.69, 9.17) is 30.5 Å². The van der Waals surface area contributed by atoms with Gasteiger partial charge >= 0.3 is 0 Å². The number of amides is 1. The van der Waals surface area contributed by atoms with Crippen molar-refractivity contribution in [1.82, 2.24) is 9.66 Å². The number of rotatable bonds is 8. The number of ether oxygens (including phenoxy) is 2. The first-order valence-corrected chi connectivity index (χ1v) is 15.2. The van der Waals surface area contributed by atoms with Crippen LogP contribution in [0.1, 0.15) is 5.56 Å². The van der Waals surface area contributed by atoms with Crippen molar-refractivity contribution in [3.8, 4) is 23.1 Å². The molecule has 2 aromatic heterocycles. The highest BCUT2D eigenvalue weighted by Crippen LogP contribution is 2.42. The predicted octanol–water partition coefficient (Wildman–Crippen LogP) is 8.04. The Morgan fingerprint density at radius 1 is 1.11 bits per heavy atom. The van der Waals surface area contributed by atoms with Gasteiger partial charge in [-0.1, -0.05) is 39.7 Å². The Morgan fingerprint density at radius 3 is 2.67 bits per heavy atom. The summed E-state index contributed by atoms with van der Waals surface area (Å²) < 4.78 is 32.8. The van der Waals surface area contributed by atoms with E-state index >= 15 is 0 Å². The molecule has 9 nitrogen and oxygen atoms in total. The lowest BCUT2D eigenvalue weighted by atomic mass is 10.2. The number of carbonyl (C=O) groups excluding carboxylic acids is 1. The van der Waals surface area contributed by atoms with Gasteiger partial charge in [-0.25, -0.2) is 9.37 Å². The minimum absolute atomic E-state index is 0.108. The van der Waals surface area contributed by atoms with Gasteiger partial charge < -0.3 is 19.2 Å². The topological polar surface area (TPSA) is 108 Å². The summed E-state index contributed by atoms with van der Waals surface area (Å²) in [4.78, 5) is 30.8. The average molecular weight is 755 g/mol. The molecular formula is C32H20Br2ClFN4O5. The number of benzene rings is 4. The lowest BCUT2D eigenvalue weighted by Gasteiger charge is -2.15. The van der Waals surface area contributed by atoms with Gasteiger partial charge in [0.1, 0.15) is 16.4 Å². The zero-order valence-electron chi connectivity index (χ0n) is 23.2. The summed E-state index contributed by atoms with van der Waals surface area (Å²) in [5, 5.41) is 8.41. The number of halogens is 4. The number of fused-ring (bicyclic) bond motifs is 2. The molecule has 226 valence electrons. The van der Waals surface area contributed by atoms with Crippen molar-refractivity contribution < 1.29 is 23.1 Å². The second kappa shape index (κ2) is 12.8. The first-order valence-electron chi connectivity index (χ1n) is 13.2. The van der Waals surface area contributed by atoms with Gasteiger partial charge in [-0.3, -0.25) is 9.59 Å². The molecule has 0 fully saturated rings. The number of para-hydroxylation sites is 1. The van der Waals surface area contributed by atoms with Crippen molar-refractivity contribution >= 4 is 83.1 Å². The molecule has 45 heavy (non-hydrogen) atoms. The molecule has 1 amide bonds. The fourth-order valence-electron chi connectivity index (χ4n) is 4.49. The van der Waals surface area contributed by atoms with E-state index in [0.717, 1.165) is 14.5 Å². The van der Waals surface area contributed by atoms with Gasteiger partial charge in [0.25, 0.3) is 11.5 Å². The van der Waals surface area contributed by atoms with Gasteiger partial charge in [-0.15, -0.1) is 0 Å². The van der Waals surface area contributed by atoms with E-state index in [0.29, 0.717) is 38.0 Å². The highest BCUT2D eigenvalue weighted by atomic mass is 79.9. The van der Waals surface area contributed by atoms with Gasteiger partial charge in [0, 0.05) is 25.6 Å². The van der Waals surface area contributed by atoms with Crippen LogP contribution >= 0.6 is 43.5 Å². The normalized spacial score (nSPS) is 11.4. The van der Waals surface area contributed by atoms with Crippen LogP contribution in [0, 0.1) is 5.82 Å². The number of aromatic nitrogens is 2. The minimum Gasteiger partial charge on any atom is -0.493 e. The summed E-state index contributed by atoms with van der Waals surface area (Å²) in [5.74, 6) is -0.0447. The molecule has 0 aliphatic rings. The van der Waals surface area contributed by atoms with E-state index in [-0.39, 0.29) is 22.3 Å². The van der Waals surface area contributed by atoms with Gasteiger partial charge in [-0.05, 0) is 82.7 Å². The first kappa shape index (κ1) is 30.5. The molecular weight excluding hydrogens is 735 g/mol. The van der Waals surface area contributed by atoms with Crippen LogP contribution in [0.25, 0.3) is 33.5 Å². The van der Waals surface area contributed by atoms with Crippen LogP contribution in [0.4, 0.5) is 10.1 Å². The standard InChI is InChI=1S/C32H20Br2ClFN4O5/c1-43-25-14-18(28(34)29(35)30(25)44-16-27(41)38-21-9-7-20(36)8-10-21)15-37-40-31(39-23-5-3-2-4-22(23)32(40)42)26-13-17-12-19(33)6-11-24(17)45-26/h2-15H,16H2,1H3,(H,38,41). The van der Waals surface area contributed by atoms with Crippen LogP contribution in [-0.4, -0.2) is 35.5 Å². The number of nitrogens with zero attached hydrogens (tertiary/aromatic N) is 3. The predicted molar refractivity (Wildman–Crippen MR) is 178 cm³/mol. The lowest BCUT2D eigenvalue weighted by molar-refractivity contribution is -0.118. The Balaban J connectivity index is 1.34. The van der Waals surface area contributed by atoms with Crippen LogP contribution in [-0.2, 0) is 4.79 Å². The number of hydrogen-bond acceptors (Lipinski definition) is 7. The van der Waals surface area contributed by atoms with E-state index < -0.39 is 23.9 Å². The highest BCUT2D eigenvalue weighted by molar-refractivity contribution is 9.10. The van der Waals surface area contributed by atoms with E-state index in [1.165, 1.54) is 37.6 Å². The molecule has 0 radical (unpaired) electrons. The fraction of sp³-hybridized carbons (Fsp3) is 0.0625. The van der Waals surface area contributed by atoms with Crippen LogP contribution in [0.15, 0.2) is 102 Å². The van der Waals surface area contributed by atoms with Gasteiger partial charge in [0.05, 0.1) is 24.2 Å². The number of methoxy groups -OCH3 is 1. The molecule has 0 spiro atoms. The highest BCUT2D eigenvalue weighted by Gasteiger charge is 2.20. The molecule has 6 rings (SSSR count). The Hall–Kier alpha value is -4.52. The fourth-order valence-corrected chi connectivity index (χ4v) is 5.52. The summed E-state index contributed by atoms with van der Waals surface area (Å²) in [7, 11) is 1.42. The van der Waals surface area contributed by atoms with E-state index in [2.05, 4.69) is 42.3 Å². The molecule has 4 aromatic carbocycles. The zero-order chi connectivity index (χ0) is 31.7. The molecule has 0 aliphatic heterocycles. The lowest BCUT2D eigenvalue weighted by Crippen LogP contribution is -2.20. The van der Waals surface area contributed by atoms with Crippen molar-refractivity contribution in [3.63, 3.8) is 0 Å². The third-order valence-corrected chi connectivity index (χ3v) is 8.55. The third kappa shape index (κ3) is 6.35. The first-order chi connectivity index (χ1) is 21.7. The van der Waals surface area contributed by atoms with Crippen LogP contribution in [0.3, 0.4) is 0 Å². The van der Waals surface area contributed by atoms with E-state index in [1.54, 1.807) is 36.4 Å². The van der Waals surface area contributed by atoms with Gasteiger partial charge in [0.2, 0.25) is 5.82 Å². The molecule has 0 bridgehead atoms. The van der Waals surface area contributed by atoms with Gasteiger partial charge in [-0.2, -0.15) is 9.78 Å². The SMILES string of the molecule is COc1cc(C=Nn2c(-c3cc4cc(Br)ccc4o3)nc3ccccc3c2=O)c(Br)c(Cl)c1OCC(=O)Nc1ccc(F)cc1. The van der Waals surface area contributed by atoms with Crippen molar-refractivity contribution in [1.29, 1.82) is 0 Å². The largest absolute Gasteiger partial charge is 0.493 e. The quantitative estimate of drug-likeness (QED) is 0.158. The molecule has 0 aliphatic carbocycles. The molecule has 1 N–H and O–H groups in total. The minimum atomic E-state index is -0.491. The molecule has 2 heterocycles. The summed E-state index contributed by atoms with van der Waals surface area (Å²) in [6.45, 7) is -0.400. The Labute approximate surface area is 276 Å². The summed E-state index contributed by atoms with van der Waals surface area (Å²) in [6.07, 6.45) is 1.42. The number of anilines is 1. The summed E-state index contributed by atoms with van der Waals surface area (Å²) >= 11 is 13.6. The Bertz CT molecular complexity index is 2180. The smallest absolute Gasteiger partial charge is 0.282 e. The zero-order valence-corrected chi connectivity index (χ0v) is 27.1. The molecule has 0 unspecified atom stereocenters. The second-order valence-electron chi connectivity index (χ2n) is 9.58. The number of carbonyl (C=O) groups is 1. The maximum Gasteiger partial charge on any atom is 0.282 e. The molecule has 6 aromatic rings.